The summed E-state index contributed by atoms with van der Waals surface area (Å²) in [5.41, 5.74) is 5.31. The quantitative estimate of drug-likeness (QED) is 0.822. The van der Waals surface area contributed by atoms with Gasteiger partial charge in [-0.25, -0.2) is 9.48 Å². The zero-order valence-electron chi connectivity index (χ0n) is 10.7. The van der Waals surface area contributed by atoms with Gasteiger partial charge in [0.1, 0.15) is 5.75 Å². The number of nitrogens with zero attached hydrogens (tertiary/aromatic N) is 3. The van der Waals surface area contributed by atoms with E-state index in [1.165, 1.54) is 14.1 Å². The van der Waals surface area contributed by atoms with E-state index in [-0.39, 0.29) is 5.88 Å². The van der Waals surface area contributed by atoms with Crippen molar-refractivity contribution in [2.75, 3.05) is 0 Å². The summed E-state index contributed by atoms with van der Waals surface area (Å²) >= 11 is 0. The molecule has 0 saturated carbocycles. The second-order valence-electron chi connectivity index (χ2n) is 4.03. The maximum absolute atomic E-state index is 11.8. The highest BCUT2D eigenvalue weighted by Gasteiger charge is 2.10. The van der Waals surface area contributed by atoms with E-state index in [2.05, 4.69) is 5.10 Å². The van der Waals surface area contributed by atoms with Crippen LogP contribution in [0.4, 0.5) is 0 Å². The van der Waals surface area contributed by atoms with Crippen LogP contribution in [0, 0.1) is 0 Å². The molecule has 1 aromatic carbocycles. The Morgan fingerprint density at radius 2 is 2.05 bits per heavy atom. The third kappa shape index (κ3) is 2.55. The lowest BCUT2D eigenvalue weighted by molar-refractivity contribution is 0.414. The number of aromatic nitrogens is 3. The Kier molecular flexibility index (Phi) is 3.48. The number of hydrogen-bond donors (Lipinski definition) is 1. The third-order valence-corrected chi connectivity index (χ3v) is 2.64. The topological polar surface area (TPSA) is 92.1 Å². The minimum atomic E-state index is -0.582. The molecule has 0 unspecified atom stereocenters. The standard InChI is InChI=1S/C12H14N4O3/c1-15-11(17)10(14-16(2)12(15)18)19-9-5-3-4-8(6-9)7-13/h3-6H,7,13H2,1-2H3. The van der Waals surface area contributed by atoms with Gasteiger partial charge in [0, 0.05) is 20.6 Å². The van der Waals surface area contributed by atoms with Gasteiger partial charge in [0.05, 0.1) is 0 Å². The molecule has 7 nitrogen and oxygen atoms in total. The zero-order chi connectivity index (χ0) is 14.0. The lowest BCUT2D eigenvalue weighted by atomic mass is 10.2. The predicted octanol–water partition coefficient (Wildman–Crippen LogP) is -0.270. The second-order valence-corrected chi connectivity index (χ2v) is 4.03. The first-order valence-corrected chi connectivity index (χ1v) is 5.64. The molecule has 0 spiro atoms. The van der Waals surface area contributed by atoms with E-state index >= 15 is 0 Å². The lowest BCUT2D eigenvalue weighted by Crippen LogP contribution is -2.38. The molecule has 19 heavy (non-hydrogen) atoms. The molecule has 1 heterocycles. The van der Waals surface area contributed by atoms with Gasteiger partial charge in [-0.3, -0.25) is 9.36 Å². The molecule has 0 aliphatic rings. The summed E-state index contributed by atoms with van der Waals surface area (Å²) in [5, 5.41) is 3.80. The van der Waals surface area contributed by atoms with Crippen LogP contribution >= 0.6 is 0 Å². The number of nitrogens with two attached hydrogens (primary N) is 1. The molecule has 7 heteroatoms. The molecular formula is C12H14N4O3. The Labute approximate surface area is 108 Å². The van der Waals surface area contributed by atoms with Crippen molar-refractivity contribution in [1.82, 2.24) is 14.3 Å². The lowest BCUT2D eigenvalue weighted by Gasteiger charge is -2.07. The van der Waals surface area contributed by atoms with E-state index < -0.39 is 11.2 Å². The van der Waals surface area contributed by atoms with Gasteiger partial charge in [0.15, 0.2) is 0 Å². The molecule has 0 atom stereocenters. The van der Waals surface area contributed by atoms with Gasteiger partial charge in [0.2, 0.25) is 0 Å². The predicted molar refractivity (Wildman–Crippen MR) is 69.1 cm³/mol. The van der Waals surface area contributed by atoms with Gasteiger partial charge in [-0.1, -0.05) is 12.1 Å². The van der Waals surface area contributed by atoms with Crippen molar-refractivity contribution in [2.24, 2.45) is 19.8 Å². The summed E-state index contributed by atoms with van der Waals surface area (Å²) < 4.78 is 7.39. The Morgan fingerprint density at radius 3 is 2.74 bits per heavy atom. The molecule has 100 valence electrons. The molecule has 0 radical (unpaired) electrons. The number of hydrogen-bond acceptors (Lipinski definition) is 5. The zero-order valence-corrected chi connectivity index (χ0v) is 10.7. The highest BCUT2D eigenvalue weighted by Crippen LogP contribution is 2.17. The van der Waals surface area contributed by atoms with Gasteiger partial charge in [-0.05, 0) is 17.7 Å². The normalized spacial score (nSPS) is 10.5. The summed E-state index contributed by atoms with van der Waals surface area (Å²) in [5.74, 6) is 0.296. The van der Waals surface area contributed by atoms with Crippen LogP contribution in [0.3, 0.4) is 0 Å². The van der Waals surface area contributed by atoms with Crippen molar-refractivity contribution in [3.05, 3.63) is 50.7 Å². The molecule has 0 saturated heterocycles. The van der Waals surface area contributed by atoms with Crippen LogP contribution in [0.15, 0.2) is 33.9 Å². The smallest absolute Gasteiger partial charge is 0.347 e. The van der Waals surface area contributed by atoms with E-state index in [4.69, 9.17) is 10.5 Å². The van der Waals surface area contributed by atoms with Crippen molar-refractivity contribution in [2.45, 2.75) is 6.54 Å². The van der Waals surface area contributed by atoms with Crippen LogP contribution in [0.1, 0.15) is 5.56 Å². The number of rotatable bonds is 3. The highest BCUT2D eigenvalue weighted by molar-refractivity contribution is 5.30. The average molecular weight is 262 g/mol. The third-order valence-electron chi connectivity index (χ3n) is 2.64. The minimum Gasteiger partial charge on any atom is -0.434 e. The molecule has 0 amide bonds. The highest BCUT2D eigenvalue weighted by atomic mass is 16.5. The van der Waals surface area contributed by atoms with Crippen molar-refractivity contribution >= 4 is 0 Å². The first-order valence-electron chi connectivity index (χ1n) is 5.64. The monoisotopic (exact) mass is 262 g/mol. The van der Waals surface area contributed by atoms with Crippen molar-refractivity contribution in [3.8, 4) is 11.6 Å². The summed E-state index contributed by atoms with van der Waals surface area (Å²) in [6.07, 6.45) is 0. The molecule has 2 rings (SSSR count). The maximum atomic E-state index is 11.8. The van der Waals surface area contributed by atoms with Gasteiger partial charge >= 0.3 is 17.1 Å². The fraction of sp³-hybridized carbons (Fsp3) is 0.250. The van der Waals surface area contributed by atoms with Gasteiger partial charge in [-0.15, -0.1) is 5.10 Å². The summed E-state index contributed by atoms with van der Waals surface area (Å²) in [6.45, 7) is 0.371. The Bertz CT molecular complexity index is 718. The van der Waals surface area contributed by atoms with Crippen LogP contribution in [0.2, 0.25) is 0 Å². The summed E-state index contributed by atoms with van der Waals surface area (Å²) in [6, 6.07) is 7.01. The number of benzene rings is 1. The van der Waals surface area contributed by atoms with Crippen molar-refractivity contribution in [1.29, 1.82) is 0 Å². The largest absolute Gasteiger partial charge is 0.434 e. The SMILES string of the molecule is Cn1nc(Oc2cccc(CN)c2)c(=O)n(C)c1=O. The van der Waals surface area contributed by atoms with Crippen molar-refractivity contribution < 1.29 is 4.74 Å². The number of aryl methyl sites for hydroxylation is 1. The Hall–Kier alpha value is -2.41. The van der Waals surface area contributed by atoms with Crippen LogP contribution in [-0.4, -0.2) is 14.3 Å². The summed E-state index contributed by atoms with van der Waals surface area (Å²) in [4.78, 5) is 23.3. The number of ether oxygens (including phenoxy) is 1. The van der Waals surface area contributed by atoms with Gasteiger partial charge in [-0.2, -0.15) is 0 Å². The fourth-order valence-corrected chi connectivity index (χ4v) is 1.58. The van der Waals surface area contributed by atoms with E-state index in [1.807, 2.05) is 6.07 Å². The second kappa shape index (κ2) is 5.07. The van der Waals surface area contributed by atoms with E-state index in [9.17, 15) is 9.59 Å². The molecule has 0 aliphatic carbocycles. The molecule has 0 fully saturated rings. The van der Waals surface area contributed by atoms with E-state index in [0.717, 1.165) is 14.8 Å². The van der Waals surface area contributed by atoms with Crippen molar-refractivity contribution in [3.63, 3.8) is 0 Å². The Morgan fingerprint density at radius 1 is 1.32 bits per heavy atom. The first kappa shape index (κ1) is 13.0. The molecule has 1 aromatic heterocycles. The molecule has 0 aliphatic heterocycles. The molecule has 2 aromatic rings. The maximum Gasteiger partial charge on any atom is 0.347 e. The Balaban J connectivity index is 2.44. The summed E-state index contributed by atoms with van der Waals surface area (Å²) in [7, 11) is 2.82. The molecule has 0 bridgehead atoms. The average Bonchev–Trinajstić information content (AvgIpc) is 2.42. The van der Waals surface area contributed by atoms with Crippen LogP contribution < -0.4 is 21.7 Å². The van der Waals surface area contributed by atoms with E-state index in [0.29, 0.717) is 12.3 Å². The van der Waals surface area contributed by atoms with Gasteiger partial charge in [0.25, 0.3) is 0 Å². The molecule has 2 N–H and O–H groups in total. The minimum absolute atomic E-state index is 0.154. The van der Waals surface area contributed by atoms with Crippen LogP contribution in [0.5, 0.6) is 11.6 Å². The van der Waals surface area contributed by atoms with Crippen LogP contribution in [-0.2, 0) is 20.6 Å². The van der Waals surface area contributed by atoms with E-state index in [1.54, 1.807) is 18.2 Å². The first-order chi connectivity index (χ1) is 9.02. The fourth-order valence-electron chi connectivity index (χ4n) is 1.58. The van der Waals surface area contributed by atoms with Crippen LogP contribution in [0.25, 0.3) is 0 Å². The van der Waals surface area contributed by atoms with Gasteiger partial charge < -0.3 is 10.5 Å². The molecular weight excluding hydrogens is 248 g/mol.